The molecule has 1 aromatic carbocycles. The average molecular weight is 507 g/mol. The third kappa shape index (κ3) is 4.47. The van der Waals surface area contributed by atoms with E-state index in [1.54, 1.807) is 20.8 Å². The molecule has 5 rings (SSSR count). The molecule has 180 valence electrons. The summed E-state index contributed by atoms with van der Waals surface area (Å²) in [5.74, 6) is 0.0620. The molecule has 34 heavy (non-hydrogen) atoms. The van der Waals surface area contributed by atoms with E-state index >= 15 is 0 Å². The number of aromatic amines is 1. The van der Waals surface area contributed by atoms with Crippen molar-refractivity contribution in [3.63, 3.8) is 0 Å². The van der Waals surface area contributed by atoms with Crippen LogP contribution < -0.4 is 0 Å². The van der Waals surface area contributed by atoms with Crippen molar-refractivity contribution < 1.29 is 22.7 Å². The number of ether oxygens (including phenoxy) is 1. The first-order chi connectivity index (χ1) is 16.2. The Hall–Kier alpha value is -3.12. The summed E-state index contributed by atoms with van der Waals surface area (Å²) < 4.78 is 29.0. The fraction of sp³-hybridized carbons (Fsp3) is 0.429. The van der Waals surface area contributed by atoms with Crippen molar-refractivity contribution in [1.82, 2.24) is 30.1 Å². The predicted octanol–water partition coefficient (Wildman–Crippen LogP) is 1.81. The highest BCUT2D eigenvalue weighted by Crippen LogP contribution is 2.31. The Bertz CT molecular complexity index is 1290. The van der Waals surface area contributed by atoms with Crippen LogP contribution in [-0.4, -0.2) is 83.1 Å². The Morgan fingerprint density at radius 1 is 1.21 bits per heavy atom. The zero-order valence-electron chi connectivity index (χ0n) is 18.4. The van der Waals surface area contributed by atoms with Crippen LogP contribution in [0.4, 0.5) is 9.59 Å². The number of carbonyl (C=O) groups is 2. The van der Waals surface area contributed by atoms with E-state index in [9.17, 15) is 18.0 Å². The maximum atomic E-state index is 13.0. The minimum Gasteiger partial charge on any atom is -0.445 e. The zero-order chi connectivity index (χ0) is 24.0. The molecule has 0 aliphatic carbocycles. The number of carbonyl (C=O) groups excluding carboxylic acids is 2. The molecule has 11 nitrogen and oxygen atoms in total. The van der Waals surface area contributed by atoms with Crippen molar-refractivity contribution in [1.29, 1.82) is 0 Å². The van der Waals surface area contributed by atoms with Crippen LogP contribution in [0.3, 0.4) is 0 Å². The van der Waals surface area contributed by atoms with E-state index in [0.29, 0.717) is 44.7 Å². The second-order valence-corrected chi connectivity index (χ2v) is 11.2. The highest BCUT2D eigenvalue weighted by atomic mass is 35.5. The largest absolute Gasteiger partial charge is 0.445 e. The lowest BCUT2D eigenvalue weighted by molar-refractivity contribution is 0.102. The second kappa shape index (κ2) is 8.58. The molecular weight excluding hydrogens is 484 g/mol. The molecule has 0 unspecified atom stereocenters. The van der Waals surface area contributed by atoms with Crippen LogP contribution in [0.25, 0.3) is 0 Å². The number of halogens is 1. The summed E-state index contributed by atoms with van der Waals surface area (Å²) >= 11 is 6.01. The minimum atomic E-state index is -3.43. The van der Waals surface area contributed by atoms with Gasteiger partial charge in [-0.1, -0.05) is 16.8 Å². The van der Waals surface area contributed by atoms with Gasteiger partial charge in [0.25, 0.3) is 0 Å². The summed E-state index contributed by atoms with van der Waals surface area (Å²) in [6, 6.07) is 4.30. The highest BCUT2D eigenvalue weighted by molar-refractivity contribution is 7.90. The first-order valence-corrected chi connectivity index (χ1v) is 13.0. The van der Waals surface area contributed by atoms with E-state index in [4.69, 9.17) is 16.3 Å². The molecular formula is C21H23ClN6O5S. The number of amides is 3. The van der Waals surface area contributed by atoms with Gasteiger partial charge in [-0.25, -0.2) is 18.0 Å². The topological polar surface area (TPSA) is 129 Å². The van der Waals surface area contributed by atoms with Crippen LogP contribution in [-0.2, 0) is 34.1 Å². The number of benzene rings is 1. The molecule has 3 aliphatic heterocycles. The Morgan fingerprint density at radius 3 is 2.79 bits per heavy atom. The number of rotatable bonds is 3. The van der Waals surface area contributed by atoms with Gasteiger partial charge in [0.1, 0.15) is 12.3 Å². The SMILES string of the molecule is CS(=O)(=O)c1cc(Cl)cc(COC(=O)N2CC3=CN(C(=O)N4CCc5[nH]nnc5C4)C[C@H]3C2)c1. The molecule has 0 spiro atoms. The molecule has 3 aliphatic rings. The molecule has 4 heterocycles. The van der Waals surface area contributed by atoms with Gasteiger partial charge in [-0.2, -0.15) is 0 Å². The highest BCUT2D eigenvalue weighted by Gasteiger charge is 2.39. The number of hydrogen-bond donors (Lipinski definition) is 1. The quantitative estimate of drug-likeness (QED) is 0.672. The lowest BCUT2D eigenvalue weighted by atomic mass is 10.1. The molecule has 1 N–H and O–H groups in total. The molecule has 13 heteroatoms. The summed E-state index contributed by atoms with van der Waals surface area (Å²) in [4.78, 5) is 30.7. The summed E-state index contributed by atoms with van der Waals surface area (Å²) in [5.41, 5.74) is 3.27. The average Bonchev–Trinajstić information content (AvgIpc) is 3.50. The van der Waals surface area contributed by atoms with Gasteiger partial charge in [0, 0.05) is 56.0 Å². The number of sulfone groups is 1. The predicted molar refractivity (Wildman–Crippen MR) is 120 cm³/mol. The number of aromatic nitrogens is 3. The maximum absolute atomic E-state index is 13.0. The van der Waals surface area contributed by atoms with Crippen molar-refractivity contribution in [2.24, 2.45) is 5.92 Å². The first kappa shape index (κ1) is 22.7. The number of likely N-dealkylation sites (tertiary alicyclic amines) is 1. The number of fused-ring (bicyclic) bond motifs is 2. The lowest BCUT2D eigenvalue weighted by Gasteiger charge is -2.29. The molecule has 3 amide bonds. The van der Waals surface area contributed by atoms with Gasteiger partial charge in [-0.3, -0.25) is 5.10 Å². The Balaban J connectivity index is 1.17. The smallest absolute Gasteiger partial charge is 0.410 e. The maximum Gasteiger partial charge on any atom is 0.410 e. The summed E-state index contributed by atoms with van der Waals surface area (Å²) in [6.45, 7) is 2.27. The summed E-state index contributed by atoms with van der Waals surface area (Å²) in [6.07, 6.45) is 3.12. The Morgan fingerprint density at radius 2 is 2.03 bits per heavy atom. The number of H-pyrrole nitrogens is 1. The van der Waals surface area contributed by atoms with Gasteiger partial charge in [-0.15, -0.1) is 5.10 Å². The molecule has 1 aromatic heterocycles. The van der Waals surface area contributed by atoms with Crippen molar-refractivity contribution in [3.8, 4) is 0 Å². The van der Waals surface area contributed by atoms with Gasteiger partial charge >= 0.3 is 12.1 Å². The fourth-order valence-corrected chi connectivity index (χ4v) is 5.51. The fourth-order valence-electron chi connectivity index (χ4n) is 4.49. The van der Waals surface area contributed by atoms with E-state index in [1.165, 1.54) is 12.1 Å². The van der Waals surface area contributed by atoms with Gasteiger partial charge in [0.2, 0.25) is 0 Å². The van der Waals surface area contributed by atoms with E-state index in [0.717, 1.165) is 23.2 Å². The summed E-state index contributed by atoms with van der Waals surface area (Å²) in [5, 5.41) is 11.0. The monoisotopic (exact) mass is 506 g/mol. The van der Waals surface area contributed by atoms with Gasteiger partial charge in [0.15, 0.2) is 9.84 Å². The Kier molecular flexibility index (Phi) is 5.72. The van der Waals surface area contributed by atoms with Gasteiger partial charge in [-0.05, 0) is 29.3 Å². The molecule has 1 saturated heterocycles. The van der Waals surface area contributed by atoms with Crippen LogP contribution in [0.15, 0.2) is 34.9 Å². The first-order valence-electron chi connectivity index (χ1n) is 10.7. The van der Waals surface area contributed by atoms with Crippen LogP contribution in [0.2, 0.25) is 5.02 Å². The van der Waals surface area contributed by atoms with Crippen molar-refractivity contribution >= 4 is 33.6 Å². The molecule has 1 fully saturated rings. The van der Waals surface area contributed by atoms with Crippen molar-refractivity contribution in [2.45, 2.75) is 24.5 Å². The normalized spacial score (nSPS) is 19.6. The minimum absolute atomic E-state index is 0.0620. The number of hydrogen-bond acceptors (Lipinski definition) is 7. The lowest BCUT2D eigenvalue weighted by Crippen LogP contribution is -2.43. The Labute approximate surface area is 201 Å². The number of nitrogens with zero attached hydrogens (tertiary/aromatic N) is 5. The molecule has 0 radical (unpaired) electrons. The van der Waals surface area contributed by atoms with Crippen molar-refractivity contribution in [2.75, 3.05) is 32.4 Å². The zero-order valence-corrected chi connectivity index (χ0v) is 20.0. The van der Waals surface area contributed by atoms with Gasteiger partial charge < -0.3 is 19.4 Å². The van der Waals surface area contributed by atoms with Crippen LogP contribution in [0.1, 0.15) is 17.0 Å². The molecule has 2 aromatic rings. The van der Waals surface area contributed by atoms with Crippen LogP contribution in [0.5, 0.6) is 0 Å². The van der Waals surface area contributed by atoms with E-state index < -0.39 is 15.9 Å². The van der Waals surface area contributed by atoms with E-state index in [1.807, 2.05) is 6.20 Å². The van der Waals surface area contributed by atoms with Gasteiger partial charge in [0.05, 0.1) is 17.1 Å². The van der Waals surface area contributed by atoms with E-state index in [2.05, 4.69) is 15.4 Å². The number of nitrogens with one attached hydrogen (secondary N) is 1. The molecule has 1 atom stereocenters. The third-order valence-electron chi connectivity index (χ3n) is 6.25. The van der Waals surface area contributed by atoms with E-state index in [-0.39, 0.29) is 28.5 Å². The summed E-state index contributed by atoms with van der Waals surface area (Å²) in [7, 11) is -3.43. The second-order valence-electron chi connectivity index (χ2n) is 8.75. The molecule has 0 bridgehead atoms. The number of urea groups is 1. The third-order valence-corrected chi connectivity index (χ3v) is 7.56. The van der Waals surface area contributed by atoms with Crippen LogP contribution in [0, 0.1) is 5.92 Å². The van der Waals surface area contributed by atoms with Crippen molar-refractivity contribution in [3.05, 3.63) is 51.9 Å². The standard InChI is InChI=1S/C21H23ClN6O5S/c1-34(31,32)17-5-13(4-16(22)6-17)12-33-21(30)28-9-14-7-27(8-15(14)10-28)20(29)26-3-2-18-19(11-26)24-25-23-18/h4-7,15H,2-3,8-12H2,1H3,(H,23,24,25)/t15-/m0/s1. The molecule has 0 saturated carbocycles. The van der Waals surface area contributed by atoms with Crippen LogP contribution >= 0.6 is 11.6 Å².